The average Bonchev–Trinajstić information content (AvgIpc) is 2.84. The molecule has 0 spiro atoms. The van der Waals surface area contributed by atoms with Crippen LogP contribution in [0, 0.1) is 28.6 Å². The molecule has 0 aromatic carbocycles. The Morgan fingerprint density at radius 3 is 2.76 bits per heavy atom. The van der Waals surface area contributed by atoms with E-state index in [1.165, 1.54) is 50.9 Å². The van der Waals surface area contributed by atoms with Gasteiger partial charge in [0.1, 0.15) is 5.84 Å². The van der Waals surface area contributed by atoms with Gasteiger partial charge in [-0.15, -0.1) is 0 Å². The van der Waals surface area contributed by atoms with Gasteiger partial charge in [0, 0.05) is 30.6 Å². The first-order valence-corrected chi connectivity index (χ1v) is 10.6. The van der Waals surface area contributed by atoms with Gasteiger partial charge in [0.15, 0.2) is 0 Å². The van der Waals surface area contributed by atoms with Gasteiger partial charge in [-0.2, -0.15) is 0 Å². The summed E-state index contributed by atoms with van der Waals surface area (Å²) in [5.74, 6) is 3.62. The van der Waals surface area contributed by atoms with Gasteiger partial charge in [0.25, 0.3) is 0 Å². The first-order chi connectivity index (χ1) is 11.9. The summed E-state index contributed by atoms with van der Waals surface area (Å²) in [7, 11) is 0. The lowest BCUT2D eigenvalue weighted by Crippen LogP contribution is -2.56. The van der Waals surface area contributed by atoms with Gasteiger partial charge in [-0.3, -0.25) is 4.99 Å². The molecular weight excluding hydrogens is 308 g/mol. The van der Waals surface area contributed by atoms with E-state index in [-0.39, 0.29) is 5.41 Å². The monoisotopic (exact) mass is 342 g/mol. The minimum Gasteiger partial charge on any atom is -0.390 e. The van der Waals surface area contributed by atoms with Crippen LogP contribution in [0.5, 0.6) is 0 Å². The molecule has 6 atom stereocenters. The van der Waals surface area contributed by atoms with Gasteiger partial charge in [-0.25, -0.2) is 0 Å². The van der Waals surface area contributed by atoms with Crippen LogP contribution >= 0.6 is 0 Å². The molecule has 0 bridgehead atoms. The van der Waals surface area contributed by atoms with Gasteiger partial charge < -0.3 is 10.0 Å². The zero-order chi connectivity index (χ0) is 17.4. The minimum absolute atomic E-state index is 0.127. The second-order valence-electron chi connectivity index (χ2n) is 10.2. The molecular formula is C22H34N2O. The van der Waals surface area contributed by atoms with Crippen molar-refractivity contribution in [2.24, 2.45) is 33.6 Å². The first kappa shape index (κ1) is 16.4. The predicted molar refractivity (Wildman–Crippen MR) is 101 cm³/mol. The van der Waals surface area contributed by atoms with Crippen molar-refractivity contribution in [3.05, 3.63) is 11.8 Å². The maximum Gasteiger partial charge on any atom is 0.103 e. The Hall–Kier alpha value is -0.830. The second-order valence-corrected chi connectivity index (χ2v) is 10.2. The Labute approximate surface area is 152 Å². The number of fused-ring (bicyclic) bond motifs is 7. The molecule has 0 amide bonds. The molecule has 2 heterocycles. The van der Waals surface area contributed by atoms with E-state index in [1.807, 2.05) is 0 Å². The molecule has 1 saturated heterocycles. The number of rotatable bonds is 0. The Morgan fingerprint density at radius 1 is 1.12 bits per heavy atom. The zero-order valence-electron chi connectivity index (χ0n) is 16.2. The van der Waals surface area contributed by atoms with Crippen LogP contribution in [0.15, 0.2) is 16.8 Å². The largest absolute Gasteiger partial charge is 0.390 e. The summed E-state index contributed by atoms with van der Waals surface area (Å²) in [5.41, 5.74) is 1.59. The molecule has 3 aliphatic carbocycles. The smallest absolute Gasteiger partial charge is 0.103 e. The number of hydrogen-bond acceptors (Lipinski definition) is 3. The fourth-order valence-corrected chi connectivity index (χ4v) is 7.55. The molecule has 5 aliphatic rings. The van der Waals surface area contributed by atoms with Gasteiger partial charge in [-0.1, -0.05) is 19.9 Å². The van der Waals surface area contributed by atoms with E-state index in [9.17, 15) is 5.11 Å². The van der Waals surface area contributed by atoms with E-state index in [0.717, 1.165) is 31.2 Å². The average molecular weight is 343 g/mol. The van der Waals surface area contributed by atoms with E-state index in [4.69, 9.17) is 4.99 Å². The number of aliphatic imine (C=N–C) groups is 1. The molecule has 2 saturated carbocycles. The van der Waals surface area contributed by atoms with Crippen LogP contribution in [0.3, 0.4) is 0 Å². The molecule has 3 heteroatoms. The lowest BCUT2D eigenvalue weighted by Gasteiger charge is -2.60. The highest BCUT2D eigenvalue weighted by atomic mass is 16.3. The standard InChI is InChI=1S/C22H34N2O/c1-20-10-9-19-23-13-4-14-24(19)18(20)6-5-15-16(20)7-11-21(2)17(15)8-12-22(21,3)25/h6,15-17,25H,4-5,7-14H2,1-3H3/t15-,16+,17-,20-,21-,22-/m1/s1. The SMILES string of the molecule is C[C@]12CCC3=NCCCN3C1=CC[C@H]1[C@H]3CC[C@@](C)(O)[C@]3(C)CC[C@@H]12. The third-order valence-corrected chi connectivity index (χ3v) is 9.29. The van der Waals surface area contributed by atoms with Crippen LogP contribution in [-0.2, 0) is 0 Å². The molecule has 0 radical (unpaired) electrons. The van der Waals surface area contributed by atoms with Crippen molar-refractivity contribution in [2.45, 2.75) is 77.7 Å². The van der Waals surface area contributed by atoms with E-state index in [1.54, 1.807) is 5.70 Å². The molecule has 3 fully saturated rings. The summed E-state index contributed by atoms with van der Waals surface area (Å²) in [4.78, 5) is 7.41. The third kappa shape index (κ3) is 1.99. The topological polar surface area (TPSA) is 35.8 Å². The zero-order valence-corrected chi connectivity index (χ0v) is 16.2. The normalized spacial score (nSPS) is 51.7. The van der Waals surface area contributed by atoms with Crippen molar-refractivity contribution in [3.8, 4) is 0 Å². The number of allylic oxidation sites excluding steroid dienone is 2. The van der Waals surface area contributed by atoms with Crippen LogP contribution in [-0.4, -0.2) is 34.5 Å². The van der Waals surface area contributed by atoms with E-state index in [0.29, 0.717) is 11.3 Å². The first-order valence-electron chi connectivity index (χ1n) is 10.6. The summed E-state index contributed by atoms with van der Waals surface area (Å²) in [6, 6.07) is 0. The van der Waals surface area contributed by atoms with Gasteiger partial charge in [0.05, 0.1) is 5.60 Å². The van der Waals surface area contributed by atoms with Crippen molar-refractivity contribution < 1.29 is 5.11 Å². The van der Waals surface area contributed by atoms with Crippen LogP contribution in [0.25, 0.3) is 0 Å². The Bertz CT molecular complexity index is 650. The molecule has 2 aliphatic heterocycles. The quantitative estimate of drug-likeness (QED) is 0.709. The summed E-state index contributed by atoms with van der Waals surface area (Å²) in [6.07, 6.45) is 12.2. The number of hydrogen-bond donors (Lipinski definition) is 1. The second kappa shape index (κ2) is 5.12. The Kier molecular flexibility index (Phi) is 3.35. The van der Waals surface area contributed by atoms with Gasteiger partial charge >= 0.3 is 0 Å². The summed E-state index contributed by atoms with van der Waals surface area (Å²) >= 11 is 0. The van der Waals surface area contributed by atoms with Gasteiger partial charge in [0.2, 0.25) is 0 Å². The van der Waals surface area contributed by atoms with Crippen molar-refractivity contribution in [2.75, 3.05) is 13.1 Å². The van der Waals surface area contributed by atoms with E-state index < -0.39 is 5.60 Å². The van der Waals surface area contributed by atoms with Crippen LogP contribution < -0.4 is 0 Å². The molecule has 0 aromatic rings. The summed E-state index contributed by atoms with van der Waals surface area (Å²) < 4.78 is 0. The van der Waals surface area contributed by atoms with Gasteiger partial charge in [-0.05, 0) is 75.0 Å². The fourth-order valence-electron chi connectivity index (χ4n) is 7.55. The fraction of sp³-hybridized carbons (Fsp3) is 0.864. The number of amidine groups is 1. The molecule has 0 unspecified atom stereocenters. The molecule has 3 nitrogen and oxygen atoms in total. The minimum atomic E-state index is -0.465. The van der Waals surface area contributed by atoms with Crippen LogP contribution in [0.1, 0.15) is 72.1 Å². The highest BCUT2D eigenvalue weighted by molar-refractivity contribution is 5.86. The lowest BCUT2D eigenvalue weighted by molar-refractivity contribution is -0.114. The van der Waals surface area contributed by atoms with E-state index >= 15 is 0 Å². The van der Waals surface area contributed by atoms with E-state index in [2.05, 4.69) is 31.7 Å². The van der Waals surface area contributed by atoms with Crippen molar-refractivity contribution in [1.29, 1.82) is 0 Å². The number of piperidine rings is 1. The number of nitrogens with zero attached hydrogens (tertiary/aromatic N) is 2. The Balaban J connectivity index is 1.52. The maximum absolute atomic E-state index is 11.1. The number of aliphatic hydroxyl groups is 1. The molecule has 1 N–H and O–H groups in total. The molecule has 5 rings (SSSR count). The molecule has 25 heavy (non-hydrogen) atoms. The van der Waals surface area contributed by atoms with Crippen molar-refractivity contribution >= 4 is 5.84 Å². The summed E-state index contributed by atoms with van der Waals surface area (Å²) in [5, 5.41) is 11.1. The van der Waals surface area contributed by atoms with Crippen molar-refractivity contribution in [3.63, 3.8) is 0 Å². The van der Waals surface area contributed by atoms with Crippen molar-refractivity contribution in [1.82, 2.24) is 4.90 Å². The highest BCUT2D eigenvalue weighted by Gasteiger charge is 2.62. The lowest BCUT2D eigenvalue weighted by atomic mass is 9.48. The third-order valence-electron chi connectivity index (χ3n) is 9.29. The highest BCUT2D eigenvalue weighted by Crippen LogP contribution is 2.66. The van der Waals surface area contributed by atoms with Crippen LogP contribution in [0.2, 0.25) is 0 Å². The predicted octanol–water partition coefficient (Wildman–Crippen LogP) is 4.37. The maximum atomic E-state index is 11.1. The molecule has 138 valence electrons. The van der Waals surface area contributed by atoms with Crippen LogP contribution in [0.4, 0.5) is 0 Å². The Morgan fingerprint density at radius 2 is 1.92 bits per heavy atom. The summed E-state index contributed by atoms with van der Waals surface area (Å²) in [6.45, 7) is 9.25. The molecule has 0 aromatic heterocycles.